The molecule has 0 aromatic carbocycles. The van der Waals surface area contributed by atoms with Crippen LogP contribution in [0.4, 0.5) is 0 Å². The zero-order valence-corrected chi connectivity index (χ0v) is 8.12. The van der Waals surface area contributed by atoms with E-state index in [9.17, 15) is 9.59 Å². The molecule has 0 saturated carbocycles. The number of amides is 1. The fourth-order valence-electron chi connectivity index (χ4n) is 1.50. The van der Waals surface area contributed by atoms with E-state index in [1.54, 1.807) is 0 Å². The van der Waals surface area contributed by atoms with Crippen LogP contribution in [0.15, 0.2) is 17.2 Å². The van der Waals surface area contributed by atoms with Crippen molar-refractivity contribution in [2.45, 2.75) is 12.5 Å². The van der Waals surface area contributed by atoms with E-state index in [0.717, 1.165) is 25.7 Å². The highest BCUT2D eigenvalue weighted by molar-refractivity contribution is 5.92. The summed E-state index contributed by atoms with van der Waals surface area (Å²) in [6, 6.07) is 0.159. The van der Waals surface area contributed by atoms with Crippen LogP contribution in [0.5, 0.6) is 0 Å². The second-order valence-corrected chi connectivity index (χ2v) is 3.46. The lowest BCUT2D eigenvalue weighted by atomic mass is 10.2. The molecule has 15 heavy (non-hydrogen) atoms. The number of rotatable bonds is 2. The SMILES string of the molecule is O=C(NC1CCNC1)c1c[nH]c(=O)cn1. The molecule has 0 radical (unpaired) electrons. The smallest absolute Gasteiger partial charge is 0.271 e. The van der Waals surface area contributed by atoms with Gasteiger partial charge in [0.1, 0.15) is 5.69 Å². The molecule has 2 heterocycles. The Labute approximate surface area is 86.1 Å². The summed E-state index contributed by atoms with van der Waals surface area (Å²) in [6.45, 7) is 1.71. The minimum atomic E-state index is -0.311. The van der Waals surface area contributed by atoms with E-state index in [-0.39, 0.29) is 23.2 Å². The Balaban J connectivity index is 2.01. The highest BCUT2D eigenvalue weighted by Crippen LogP contribution is 1.98. The molecule has 1 aromatic heterocycles. The molecule has 0 aliphatic carbocycles. The van der Waals surface area contributed by atoms with E-state index in [4.69, 9.17) is 0 Å². The maximum Gasteiger partial charge on any atom is 0.271 e. The monoisotopic (exact) mass is 208 g/mol. The van der Waals surface area contributed by atoms with Crippen molar-refractivity contribution in [2.24, 2.45) is 0 Å². The average Bonchev–Trinajstić information content (AvgIpc) is 2.71. The number of hydrogen-bond donors (Lipinski definition) is 3. The molecule has 3 N–H and O–H groups in total. The third kappa shape index (κ3) is 2.41. The molecule has 1 atom stereocenters. The summed E-state index contributed by atoms with van der Waals surface area (Å²) in [4.78, 5) is 28.5. The quantitative estimate of drug-likeness (QED) is 0.573. The third-order valence-electron chi connectivity index (χ3n) is 2.30. The Morgan fingerprint density at radius 2 is 2.47 bits per heavy atom. The molecule has 1 aliphatic heterocycles. The van der Waals surface area contributed by atoms with E-state index in [2.05, 4.69) is 20.6 Å². The maximum absolute atomic E-state index is 11.6. The molecule has 6 nitrogen and oxygen atoms in total. The molecule has 2 rings (SSSR count). The average molecular weight is 208 g/mol. The summed E-state index contributed by atoms with van der Waals surface area (Å²) in [7, 11) is 0. The number of nitrogens with one attached hydrogen (secondary N) is 3. The van der Waals surface area contributed by atoms with Gasteiger partial charge < -0.3 is 15.6 Å². The number of aromatic amines is 1. The van der Waals surface area contributed by atoms with E-state index in [1.165, 1.54) is 6.20 Å². The van der Waals surface area contributed by atoms with Gasteiger partial charge in [0.25, 0.3) is 11.5 Å². The van der Waals surface area contributed by atoms with Gasteiger partial charge in [0.05, 0.1) is 6.20 Å². The molecular weight excluding hydrogens is 196 g/mol. The zero-order valence-electron chi connectivity index (χ0n) is 8.12. The Hall–Kier alpha value is -1.69. The summed E-state index contributed by atoms with van der Waals surface area (Å²) in [5.41, 5.74) is -0.0735. The van der Waals surface area contributed by atoms with Gasteiger partial charge in [0.2, 0.25) is 0 Å². The van der Waals surface area contributed by atoms with Crippen LogP contribution < -0.4 is 16.2 Å². The Bertz CT molecular complexity index is 388. The molecule has 0 spiro atoms. The maximum atomic E-state index is 11.6. The Kier molecular flexibility index (Phi) is 2.77. The van der Waals surface area contributed by atoms with Crippen molar-refractivity contribution >= 4 is 5.91 Å². The predicted molar refractivity (Wildman–Crippen MR) is 53.6 cm³/mol. The van der Waals surface area contributed by atoms with Crippen molar-refractivity contribution in [2.75, 3.05) is 13.1 Å². The third-order valence-corrected chi connectivity index (χ3v) is 2.30. The van der Waals surface area contributed by atoms with Crippen molar-refractivity contribution in [3.8, 4) is 0 Å². The summed E-state index contributed by atoms with van der Waals surface area (Å²) in [5, 5.41) is 5.97. The lowest BCUT2D eigenvalue weighted by Gasteiger charge is -2.09. The molecule has 6 heteroatoms. The molecular formula is C9H12N4O2. The first-order chi connectivity index (χ1) is 7.25. The fraction of sp³-hybridized carbons (Fsp3) is 0.444. The van der Waals surface area contributed by atoms with Crippen molar-refractivity contribution in [1.29, 1.82) is 0 Å². The number of aromatic nitrogens is 2. The first-order valence-electron chi connectivity index (χ1n) is 4.82. The van der Waals surface area contributed by atoms with Crippen LogP contribution in [0, 0.1) is 0 Å². The molecule has 0 bridgehead atoms. The van der Waals surface area contributed by atoms with E-state index >= 15 is 0 Å². The summed E-state index contributed by atoms with van der Waals surface area (Å²) in [5.74, 6) is -0.250. The van der Waals surface area contributed by atoms with Crippen molar-refractivity contribution in [1.82, 2.24) is 20.6 Å². The van der Waals surface area contributed by atoms with Crippen LogP contribution >= 0.6 is 0 Å². The van der Waals surface area contributed by atoms with Crippen LogP contribution in [0.1, 0.15) is 16.9 Å². The first-order valence-corrected chi connectivity index (χ1v) is 4.82. The van der Waals surface area contributed by atoms with Crippen molar-refractivity contribution in [3.05, 3.63) is 28.4 Å². The van der Waals surface area contributed by atoms with E-state index < -0.39 is 0 Å². The highest BCUT2D eigenvalue weighted by Gasteiger charge is 2.17. The Morgan fingerprint density at radius 1 is 1.60 bits per heavy atom. The normalized spacial score (nSPS) is 20.1. The number of hydrogen-bond acceptors (Lipinski definition) is 4. The molecule has 1 saturated heterocycles. The first kappa shape index (κ1) is 9.85. The van der Waals surface area contributed by atoms with Crippen molar-refractivity contribution in [3.63, 3.8) is 0 Å². The van der Waals surface area contributed by atoms with Crippen LogP contribution in [0.2, 0.25) is 0 Å². The minimum absolute atomic E-state index is 0.159. The van der Waals surface area contributed by atoms with Gasteiger partial charge in [-0.15, -0.1) is 0 Å². The molecule has 1 amide bonds. The largest absolute Gasteiger partial charge is 0.347 e. The van der Waals surface area contributed by atoms with Crippen LogP contribution in [-0.2, 0) is 0 Å². The topological polar surface area (TPSA) is 86.9 Å². The van der Waals surface area contributed by atoms with Gasteiger partial charge in [0.15, 0.2) is 0 Å². The van der Waals surface area contributed by atoms with Crippen LogP contribution in [0.3, 0.4) is 0 Å². The summed E-state index contributed by atoms with van der Waals surface area (Å²) < 4.78 is 0. The lowest BCUT2D eigenvalue weighted by Crippen LogP contribution is -2.36. The van der Waals surface area contributed by atoms with Crippen molar-refractivity contribution < 1.29 is 4.79 Å². The number of carbonyl (C=O) groups excluding carboxylic acids is 1. The standard InChI is InChI=1S/C9H12N4O2/c14-8-5-11-7(4-12-8)9(15)13-6-1-2-10-3-6/h4-6,10H,1-3H2,(H,12,14)(H,13,15). The summed E-state index contributed by atoms with van der Waals surface area (Å²) >= 11 is 0. The highest BCUT2D eigenvalue weighted by atomic mass is 16.2. The number of H-pyrrole nitrogens is 1. The molecule has 80 valence electrons. The van der Waals surface area contributed by atoms with E-state index in [1.807, 2.05) is 0 Å². The van der Waals surface area contributed by atoms with E-state index in [0.29, 0.717) is 0 Å². The van der Waals surface area contributed by atoms with Gasteiger partial charge >= 0.3 is 0 Å². The van der Waals surface area contributed by atoms with Gasteiger partial charge in [-0.2, -0.15) is 0 Å². The number of nitrogens with zero attached hydrogens (tertiary/aromatic N) is 1. The van der Waals surface area contributed by atoms with Gasteiger partial charge in [0, 0.05) is 18.8 Å². The molecule has 1 fully saturated rings. The molecule has 1 unspecified atom stereocenters. The Morgan fingerprint density at radius 3 is 3.07 bits per heavy atom. The fourth-order valence-corrected chi connectivity index (χ4v) is 1.50. The van der Waals surface area contributed by atoms with Crippen LogP contribution in [-0.4, -0.2) is 35.0 Å². The van der Waals surface area contributed by atoms with Gasteiger partial charge in [-0.05, 0) is 13.0 Å². The number of carbonyl (C=O) groups is 1. The second kappa shape index (κ2) is 4.22. The zero-order chi connectivity index (χ0) is 10.7. The van der Waals surface area contributed by atoms with Gasteiger partial charge in [-0.3, -0.25) is 9.59 Å². The second-order valence-electron chi connectivity index (χ2n) is 3.46. The molecule has 1 aliphatic rings. The lowest BCUT2D eigenvalue weighted by molar-refractivity contribution is 0.0934. The summed E-state index contributed by atoms with van der Waals surface area (Å²) in [6.07, 6.45) is 3.34. The van der Waals surface area contributed by atoms with Crippen LogP contribution in [0.25, 0.3) is 0 Å². The predicted octanol–water partition coefficient (Wildman–Crippen LogP) is -1.14. The minimum Gasteiger partial charge on any atom is -0.347 e. The van der Waals surface area contributed by atoms with Gasteiger partial charge in [-0.1, -0.05) is 0 Å². The van der Waals surface area contributed by atoms with Gasteiger partial charge in [-0.25, -0.2) is 4.98 Å². The molecule has 1 aromatic rings.